The van der Waals surface area contributed by atoms with E-state index in [9.17, 15) is 10.1 Å². The number of nitro benzene ring substituents is 1. The molecule has 0 aliphatic rings. The molecule has 82 valence electrons. The lowest BCUT2D eigenvalue weighted by molar-refractivity contribution is -0.384. The van der Waals surface area contributed by atoms with Crippen LogP contribution in [0.1, 0.15) is 5.56 Å². The van der Waals surface area contributed by atoms with Crippen LogP contribution in [-0.2, 0) is 11.3 Å². The third kappa shape index (κ3) is 3.58. The molecule has 0 aliphatic carbocycles. The lowest BCUT2D eigenvalue weighted by atomic mass is 10.2. The molecule has 6 heteroatoms. The van der Waals surface area contributed by atoms with Gasteiger partial charge in [-0.2, -0.15) is 0 Å². The summed E-state index contributed by atoms with van der Waals surface area (Å²) in [5.74, 6) is 0. The fraction of sp³-hybridized carbons (Fsp3) is 0.333. The molecule has 0 bridgehead atoms. The van der Waals surface area contributed by atoms with Crippen molar-refractivity contribution in [3.8, 4) is 0 Å². The van der Waals surface area contributed by atoms with Gasteiger partial charge in [0.1, 0.15) is 0 Å². The van der Waals surface area contributed by atoms with Crippen LogP contribution in [0.2, 0.25) is 0 Å². The molecular weight excluding hydrogens is 264 g/mol. The van der Waals surface area contributed by atoms with Crippen molar-refractivity contribution in [1.82, 2.24) is 0 Å². The minimum Gasteiger partial charge on any atom is -0.375 e. The van der Waals surface area contributed by atoms with Crippen molar-refractivity contribution >= 4 is 21.6 Å². The predicted octanol–water partition coefficient (Wildman–Crippen LogP) is 1.83. The molecule has 0 fully saturated rings. The minimum atomic E-state index is -0.435. The molecule has 0 saturated carbocycles. The Hall–Kier alpha value is -0.980. The molecule has 1 rings (SSSR count). The van der Waals surface area contributed by atoms with Gasteiger partial charge in [-0.05, 0) is 11.6 Å². The Balaban J connectivity index is 2.70. The van der Waals surface area contributed by atoms with Gasteiger partial charge in [-0.25, -0.2) is 0 Å². The maximum absolute atomic E-state index is 10.5. The second kappa shape index (κ2) is 5.79. The first kappa shape index (κ1) is 12.1. The number of benzene rings is 1. The number of hydrogen-bond donors (Lipinski definition) is 1. The molecule has 0 atom stereocenters. The highest BCUT2D eigenvalue weighted by Crippen LogP contribution is 2.23. The van der Waals surface area contributed by atoms with Crippen molar-refractivity contribution in [2.24, 2.45) is 5.73 Å². The van der Waals surface area contributed by atoms with Crippen molar-refractivity contribution < 1.29 is 9.66 Å². The van der Waals surface area contributed by atoms with E-state index >= 15 is 0 Å². The Morgan fingerprint density at radius 2 is 2.27 bits per heavy atom. The molecule has 15 heavy (non-hydrogen) atoms. The standard InChI is InChI=1S/C9H11BrN2O3/c10-9-5-8(12(13)14)2-1-7(9)6-15-4-3-11/h1-2,5H,3-4,6,11H2. The normalized spacial score (nSPS) is 10.3. The highest BCUT2D eigenvalue weighted by molar-refractivity contribution is 9.10. The van der Waals surface area contributed by atoms with Crippen LogP contribution in [0, 0.1) is 10.1 Å². The number of nitro groups is 1. The Kier molecular flexibility index (Phi) is 4.67. The summed E-state index contributed by atoms with van der Waals surface area (Å²) in [6.07, 6.45) is 0. The lowest BCUT2D eigenvalue weighted by Crippen LogP contribution is -2.08. The SMILES string of the molecule is NCCOCc1ccc([N+](=O)[O-])cc1Br. The lowest BCUT2D eigenvalue weighted by Gasteiger charge is -2.04. The third-order valence-corrected chi connectivity index (χ3v) is 2.51. The van der Waals surface area contributed by atoms with Crippen LogP contribution in [0.15, 0.2) is 22.7 Å². The van der Waals surface area contributed by atoms with Crippen LogP contribution in [0.25, 0.3) is 0 Å². The molecule has 5 nitrogen and oxygen atoms in total. The Bertz CT molecular complexity index is 357. The van der Waals surface area contributed by atoms with Crippen LogP contribution in [0.4, 0.5) is 5.69 Å². The summed E-state index contributed by atoms with van der Waals surface area (Å²) in [5, 5.41) is 10.5. The summed E-state index contributed by atoms with van der Waals surface area (Å²) in [6, 6.07) is 4.58. The predicted molar refractivity (Wildman–Crippen MR) is 59.5 cm³/mol. The molecule has 0 radical (unpaired) electrons. The zero-order chi connectivity index (χ0) is 11.3. The Labute approximate surface area is 95.5 Å². The van der Waals surface area contributed by atoms with Crippen LogP contribution in [0.5, 0.6) is 0 Å². The van der Waals surface area contributed by atoms with E-state index in [-0.39, 0.29) is 5.69 Å². The number of rotatable bonds is 5. The summed E-state index contributed by atoms with van der Waals surface area (Å²) in [4.78, 5) is 10.0. The van der Waals surface area contributed by atoms with E-state index in [1.807, 2.05) is 0 Å². The fourth-order valence-electron chi connectivity index (χ4n) is 1.03. The summed E-state index contributed by atoms with van der Waals surface area (Å²) < 4.78 is 5.90. The van der Waals surface area contributed by atoms with Crippen molar-refractivity contribution in [2.75, 3.05) is 13.2 Å². The first-order valence-corrected chi connectivity index (χ1v) is 5.15. The van der Waals surface area contributed by atoms with Crippen LogP contribution >= 0.6 is 15.9 Å². The molecule has 2 N–H and O–H groups in total. The molecule has 0 aromatic heterocycles. The quantitative estimate of drug-likeness (QED) is 0.505. The summed E-state index contributed by atoms with van der Waals surface area (Å²) in [7, 11) is 0. The van der Waals surface area contributed by atoms with Crippen molar-refractivity contribution in [1.29, 1.82) is 0 Å². The van der Waals surface area contributed by atoms with Gasteiger partial charge in [0, 0.05) is 23.2 Å². The number of nitrogens with two attached hydrogens (primary N) is 1. The number of non-ortho nitro benzene ring substituents is 1. The topological polar surface area (TPSA) is 78.4 Å². The summed E-state index contributed by atoms with van der Waals surface area (Å²) in [5.41, 5.74) is 6.20. The van der Waals surface area contributed by atoms with Crippen molar-refractivity contribution in [2.45, 2.75) is 6.61 Å². The first-order chi connectivity index (χ1) is 7.15. The molecule has 1 aromatic carbocycles. The highest BCUT2D eigenvalue weighted by Gasteiger charge is 2.08. The Morgan fingerprint density at radius 3 is 2.80 bits per heavy atom. The molecule has 1 aromatic rings. The van der Waals surface area contributed by atoms with E-state index in [1.54, 1.807) is 6.07 Å². The summed E-state index contributed by atoms with van der Waals surface area (Å²) in [6.45, 7) is 1.34. The molecule has 0 unspecified atom stereocenters. The second-order valence-corrected chi connectivity index (χ2v) is 3.73. The molecule has 0 amide bonds. The largest absolute Gasteiger partial charge is 0.375 e. The smallest absolute Gasteiger partial charge is 0.270 e. The highest BCUT2D eigenvalue weighted by atomic mass is 79.9. The first-order valence-electron chi connectivity index (χ1n) is 4.35. The van der Waals surface area contributed by atoms with Gasteiger partial charge >= 0.3 is 0 Å². The average Bonchev–Trinajstić information content (AvgIpc) is 2.20. The van der Waals surface area contributed by atoms with Crippen molar-refractivity contribution in [3.05, 3.63) is 38.3 Å². The zero-order valence-corrected chi connectivity index (χ0v) is 9.57. The van der Waals surface area contributed by atoms with E-state index in [1.165, 1.54) is 12.1 Å². The maximum Gasteiger partial charge on any atom is 0.270 e. The van der Waals surface area contributed by atoms with Gasteiger partial charge in [0.15, 0.2) is 0 Å². The van der Waals surface area contributed by atoms with E-state index < -0.39 is 4.92 Å². The summed E-state index contributed by atoms with van der Waals surface area (Å²) >= 11 is 3.25. The van der Waals surface area contributed by atoms with Gasteiger partial charge in [0.05, 0.1) is 18.1 Å². The van der Waals surface area contributed by atoms with Gasteiger partial charge in [-0.3, -0.25) is 10.1 Å². The number of hydrogen-bond acceptors (Lipinski definition) is 4. The fourth-order valence-corrected chi connectivity index (χ4v) is 1.51. The molecule has 0 aliphatic heterocycles. The minimum absolute atomic E-state index is 0.0597. The number of nitrogens with zero attached hydrogens (tertiary/aromatic N) is 1. The van der Waals surface area contributed by atoms with Gasteiger partial charge in [0.2, 0.25) is 0 Å². The average molecular weight is 275 g/mol. The van der Waals surface area contributed by atoms with Gasteiger partial charge < -0.3 is 10.5 Å². The van der Waals surface area contributed by atoms with Gasteiger partial charge in [-0.1, -0.05) is 15.9 Å². The molecule has 0 saturated heterocycles. The van der Waals surface area contributed by atoms with E-state index in [0.29, 0.717) is 24.2 Å². The number of halogens is 1. The van der Waals surface area contributed by atoms with Gasteiger partial charge in [-0.15, -0.1) is 0 Å². The van der Waals surface area contributed by atoms with E-state index in [0.717, 1.165) is 5.56 Å². The maximum atomic E-state index is 10.5. The molecule has 0 spiro atoms. The van der Waals surface area contributed by atoms with Crippen LogP contribution in [-0.4, -0.2) is 18.1 Å². The molecule has 0 heterocycles. The third-order valence-electron chi connectivity index (χ3n) is 1.77. The van der Waals surface area contributed by atoms with E-state index in [4.69, 9.17) is 10.5 Å². The van der Waals surface area contributed by atoms with Crippen LogP contribution in [0.3, 0.4) is 0 Å². The van der Waals surface area contributed by atoms with Crippen LogP contribution < -0.4 is 5.73 Å². The van der Waals surface area contributed by atoms with Gasteiger partial charge in [0.25, 0.3) is 5.69 Å². The number of ether oxygens (including phenoxy) is 1. The molecular formula is C9H11BrN2O3. The Morgan fingerprint density at radius 1 is 1.53 bits per heavy atom. The van der Waals surface area contributed by atoms with Crippen molar-refractivity contribution in [3.63, 3.8) is 0 Å². The second-order valence-electron chi connectivity index (χ2n) is 2.87. The zero-order valence-electron chi connectivity index (χ0n) is 7.98. The van der Waals surface area contributed by atoms with E-state index in [2.05, 4.69) is 15.9 Å². The monoisotopic (exact) mass is 274 g/mol.